The van der Waals surface area contributed by atoms with Gasteiger partial charge in [-0.25, -0.2) is 0 Å². The third kappa shape index (κ3) is 2.76. The van der Waals surface area contributed by atoms with Crippen LogP contribution in [0.15, 0.2) is 60.8 Å². The molecule has 7 nitrogen and oxygen atoms in total. The second kappa shape index (κ2) is 7.06. The van der Waals surface area contributed by atoms with Gasteiger partial charge in [-0.3, -0.25) is 9.08 Å². The summed E-state index contributed by atoms with van der Waals surface area (Å²) in [7, 11) is 0. The number of benzene rings is 1. The molecule has 0 bridgehead atoms. The van der Waals surface area contributed by atoms with E-state index in [1.807, 2.05) is 29.9 Å². The van der Waals surface area contributed by atoms with Gasteiger partial charge in [-0.05, 0) is 56.0 Å². The predicted molar refractivity (Wildman–Crippen MR) is 122 cm³/mol. The maximum absolute atomic E-state index is 9.35. The smallest absolute Gasteiger partial charge is 0.161 e. The molecule has 5 aromatic rings. The first kappa shape index (κ1) is 18.8. The third-order valence-electron chi connectivity index (χ3n) is 6.81. The Kier molecular flexibility index (Phi) is 4.15. The van der Waals surface area contributed by atoms with E-state index in [9.17, 15) is 5.26 Å². The molecule has 1 aromatic carbocycles. The van der Waals surface area contributed by atoms with E-state index in [0.29, 0.717) is 6.42 Å². The molecule has 0 saturated heterocycles. The summed E-state index contributed by atoms with van der Waals surface area (Å²) in [4.78, 5) is 0. The van der Waals surface area contributed by atoms with Crippen molar-refractivity contribution in [3.63, 3.8) is 0 Å². The second-order valence-electron chi connectivity index (χ2n) is 8.70. The normalized spacial score (nSPS) is 15.1. The van der Waals surface area contributed by atoms with Gasteiger partial charge in [-0.1, -0.05) is 30.3 Å². The number of hydrogen-bond donors (Lipinski definition) is 0. The molecule has 4 heterocycles. The van der Waals surface area contributed by atoms with Crippen molar-refractivity contribution in [2.45, 2.75) is 44.7 Å². The van der Waals surface area contributed by atoms with Crippen molar-refractivity contribution in [1.29, 1.82) is 5.26 Å². The van der Waals surface area contributed by atoms with Crippen molar-refractivity contribution in [1.82, 2.24) is 28.9 Å². The number of nitrogens with zero attached hydrogens (tertiary/aromatic N) is 7. The van der Waals surface area contributed by atoms with Crippen LogP contribution in [0.2, 0.25) is 0 Å². The molecule has 0 spiro atoms. The van der Waals surface area contributed by atoms with Gasteiger partial charge < -0.3 is 4.57 Å². The highest BCUT2D eigenvalue weighted by Crippen LogP contribution is 2.42. The van der Waals surface area contributed by atoms with Crippen LogP contribution < -0.4 is 0 Å². The maximum atomic E-state index is 9.35. The minimum atomic E-state index is -0.151. The summed E-state index contributed by atoms with van der Waals surface area (Å²) in [6.07, 6.45) is 5.71. The molecule has 1 aliphatic carbocycles. The first-order valence-electron chi connectivity index (χ1n) is 11.0. The van der Waals surface area contributed by atoms with Crippen LogP contribution >= 0.6 is 0 Å². The van der Waals surface area contributed by atoms with Gasteiger partial charge in [0, 0.05) is 12.7 Å². The quantitative estimate of drug-likeness (QED) is 0.412. The Morgan fingerprint density at radius 2 is 1.88 bits per heavy atom. The largest absolute Gasteiger partial charge is 0.333 e. The zero-order valence-electron chi connectivity index (χ0n) is 17.9. The van der Waals surface area contributed by atoms with E-state index in [4.69, 9.17) is 5.10 Å². The summed E-state index contributed by atoms with van der Waals surface area (Å²) >= 11 is 0. The van der Waals surface area contributed by atoms with E-state index in [2.05, 4.69) is 67.7 Å². The molecule has 0 atom stereocenters. The monoisotopic (exact) mass is 421 g/mol. The number of fused-ring (bicyclic) bond motifs is 3. The lowest BCUT2D eigenvalue weighted by Gasteiger charge is -2.40. The first-order valence-corrected chi connectivity index (χ1v) is 11.0. The van der Waals surface area contributed by atoms with Gasteiger partial charge >= 0.3 is 0 Å². The lowest BCUT2D eigenvalue weighted by molar-refractivity contribution is 0.130. The fraction of sp³-hybridized carbons (Fsp3) is 0.280. The predicted octanol–water partition coefficient (Wildman–Crippen LogP) is 4.70. The Balaban J connectivity index is 1.54. The van der Waals surface area contributed by atoms with Crippen LogP contribution in [0.1, 0.15) is 37.1 Å². The van der Waals surface area contributed by atoms with Crippen LogP contribution in [0.5, 0.6) is 0 Å². The van der Waals surface area contributed by atoms with Crippen molar-refractivity contribution in [2.24, 2.45) is 0 Å². The van der Waals surface area contributed by atoms with Crippen molar-refractivity contribution in [2.75, 3.05) is 0 Å². The molecule has 158 valence electrons. The summed E-state index contributed by atoms with van der Waals surface area (Å²) in [5.74, 6) is 0.863. The van der Waals surface area contributed by atoms with Crippen LogP contribution in [0.25, 0.3) is 28.1 Å². The van der Waals surface area contributed by atoms with Gasteiger partial charge in [0.25, 0.3) is 0 Å². The maximum Gasteiger partial charge on any atom is 0.161 e. The van der Waals surface area contributed by atoms with E-state index >= 15 is 0 Å². The van der Waals surface area contributed by atoms with Crippen LogP contribution in [-0.4, -0.2) is 28.9 Å². The van der Waals surface area contributed by atoms with Crippen molar-refractivity contribution in [3.8, 4) is 17.5 Å². The average molecular weight is 422 g/mol. The first-order chi connectivity index (χ1) is 15.7. The molecule has 32 heavy (non-hydrogen) atoms. The zero-order chi connectivity index (χ0) is 21.7. The van der Waals surface area contributed by atoms with E-state index in [0.717, 1.165) is 59.7 Å². The van der Waals surface area contributed by atoms with Crippen LogP contribution in [-0.2, 0) is 12.1 Å². The Hall–Kier alpha value is -3.92. The average Bonchev–Trinajstić information content (AvgIpc) is 3.49. The molecule has 6 rings (SSSR count). The molecule has 1 saturated carbocycles. The number of pyridine rings is 1. The van der Waals surface area contributed by atoms with Gasteiger partial charge in [0.2, 0.25) is 0 Å². The fourth-order valence-corrected chi connectivity index (χ4v) is 4.93. The summed E-state index contributed by atoms with van der Waals surface area (Å²) in [5.41, 5.74) is 6.07. The van der Waals surface area contributed by atoms with Gasteiger partial charge in [-0.15, -0.1) is 10.2 Å². The van der Waals surface area contributed by atoms with Gasteiger partial charge in [0.05, 0.1) is 34.8 Å². The minimum Gasteiger partial charge on any atom is -0.333 e. The highest BCUT2D eigenvalue weighted by Gasteiger charge is 2.39. The third-order valence-corrected chi connectivity index (χ3v) is 6.81. The highest BCUT2D eigenvalue weighted by atomic mass is 15.3. The molecule has 0 aliphatic heterocycles. The molecule has 1 fully saturated rings. The van der Waals surface area contributed by atoms with Crippen LogP contribution in [0, 0.1) is 18.3 Å². The summed E-state index contributed by atoms with van der Waals surface area (Å²) in [6.45, 7) is 2.72. The molecule has 4 aromatic heterocycles. The molecule has 0 amide bonds. The van der Waals surface area contributed by atoms with Gasteiger partial charge in [0.15, 0.2) is 5.65 Å². The Morgan fingerprint density at radius 3 is 2.62 bits per heavy atom. The number of aryl methyl sites for hydroxylation is 1. The van der Waals surface area contributed by atoms with Crippen molar-refractivity contribution >= 4 is 16.7 Å². The van der Waals surface area contributed by atoms with Gasteiger partial charge in [0.1, 0.15) is 11.5 Å². The number of hydrogen-bond acceptors (Lipinski definition) is 4. The fourth-order valence-electron chi connectivity index (χ4n) is 4.93. The topological polar surface area (TPSA) is 76.7 Å². The Bertz CT molecular complexity index is 1480. The molecule has 7 heteroatoms. The van der Waals surface area contributed by atoms with E-state index < -0.39 is 0 Å². The molecule has 0 N–H and O–H groups in total. The standard InChI is InChI=1S/C25H23N7/c1-18-27-28-24-9-8-21-23(32(18)24)16-22(30(21)17-19-6-3-2-4-7-19)20-10-15-31(29-20)25(13-14-26)11-5-12-25/h2-4,6-10,15-16H,5,11-13,17H2,1H3. The Labute approximate surface area is 185 Å². The van der Waals surface area contributed by atoms with E-state index in [1.165, 1.54) is 5.56 Å². The molecular formula is C25H23N7. The summed E-state index contributed by atoms with van der Waals surface area (Å²) in [6, 6.07) is 21.2. The number of aromatic nitrogens is 6. The van der Waals surface area contributed by atoms with E-state index in [1.54, 1.807) is 0 Å². The Morgan fingerprint density at radius 1 is 1.03 bits per heavy atom. The van der Waals surface area contributed by atoms with Crippen molar-refractivity contribution < 1.29 is 0 Å². The van der Waals surface area contributed by atoms with Gasteiger partial charge in [-0.2, -0.15) is 10.4 Å². The molecule has 1 aliphatic rings. The summed E-state index contributed by atoms with van der Waals surface area (Å²) in [5, 5.41) is 22.9. The minimum absolute atomic E-state index is 0.151. The van der Waals surface area contributed by atoms with Crippen molar-refractivity contribution in [3.05, 3.63) is 72.2 Å². The van der Waals surface area contributed by atoms with Crippen LogP contribution in [0.3, 0.4) is 0 Å². The SMILES string of the molecule is Cc1nnc2ccc3c(cc(-c4ccn(C5(CC#N)CCC5)n4)n3Cc3ccccc3)n12. The zero-order valence-corrected chi connectivity index (χ0v) is 17.9. The molecule has 0 radical (unpaired) electrons. The number of nitriles is 1. The summed E-state index contributed by atoms with van der Waals surface area (Å²) < 4.78 is 6.44. The van der Waals surface area contributed by atoms with Crippen LogP contribution in [0.4, 0.5) is 0 Å². The lowest BCUT2D eigenvalue weighted by Crippen LogP contribution is -2.40. The molecular weight excluding hydrogens is 398 g/mol. The number of rotatable bonds is 5. The molecule has 0 unspecified atom stereocenters. The second-order valence-corrected chi connectivity index (χ2v) is 8.70. The highest BCUT2D eigenvalue weighted by molar-refractivity contribution is 5.86. The van der Waals surface area contributed by atoms with E-state index in [-0.39, 0.29) is 5.54 Å². The lowest BCUT2D eigenvalue weighted by atomic mass is 9.75.